The van der Waals surface area contributed by atoms with E-state index in [-0.39, 0.29) is 11.8 Å². The molecule has 0 atom stereocenters. The van der Waals surface area contributed by atoms with Crippen molar-refractivity contribution >= 4 is 33.9 Å². The summed E-state index contributed by atoms with van der Waals surface area (Å²) < 4.78 is 14.2. The van der Waals surface area contributed by atoms with Crippen LogP contribution >= 0.6 is 0 Å². The Kier molecular flexibility index (Phi) is 14.8. The van der Waals surface area contributed by atoms with Crippen LogP contribution in [0.1, 0.15) is 108 Å². The molecule has 4 heterocycles. The molecule has 0 saturated carbocycles. The lowest BCUT2D eigenvalue weighted by Crippen LogP contribution is -2.29. The van der Waals surface area contributed by atoms with Crippen molar-refractivity contribution in [2.45, 2.75) is 88.9 Å². The number of piperidine rings is 2. The Morgan fingerprint density at radius 2 is 1.00 bits per heavy atom. The summed E-state index contributed by atoms with van der Waals surface area (Å²) in [6.07, 6.45) is 11.3. The average Bonchev–Trinajstić information content (AvgIpc) is 3.86. The molecule has 0 aliphatic carbocycles. The van der Waals surface area contributed by atoms with Gasteiger partial charge in [0.1, 0.15) is 0 Å². The van der Waals surface area contributed by atoms with Crippen molar-refractivity contribution in [1.29, 1.82) is 0 Å². The van der Waals surface area contributed by atoms with Gasteiger partial charge in [0.05, 0.1) is 36.3 Å². The number of nitrogens with zero attached hydrogens (tertiary/aromatic N) is 6. The van der Waals surface area contributed by atoms with E-state index in [9.17, 15) is 9.59 Å². The highest BCUT2D eigenvalue weighted by molar-refractivity contribution is 5.93. The van der Waals surface area contributed by atoms with Gasteiger partial charge in [0.25, 0.3) is 0 Å². The van der Waals surface area contributed by atoms with E-state index >= 15 is 0 Å². The van der Waals surface area contributed by atoms with E-state index in [1.807, 2.05) is 24.3 Å². The van der Waals surface area contributed by atoms with Crippen molar-refractivity contribution in [1.82, 2.24) is 28.9 Å². The first-order valence-electron chi connectivity index (χ1n) is 22.0. The van der Waals surface area contributed by atoms with Crippen LogP contribution in [-0.2, 0) is 12.8 Å². The second-order valence-electron chi connectivity index (χ2n) is 16.7. The number of unbranched alkanes of at least 4 members (excludes halogenated alkanes) is 2. The Bertz CT molecular complexity index is 2300. The highest BCUT2D eigenvalue weighted by Gasteiger charge is 2.24. The fourth-order valence-electron chi connectivity index (χ4n) is 8.82. The molecular weight excluding hydrogens is 749 g/mol. The summed E-state index contributed by atoms with van der Waals surface area (Å²) in [5.41, 5.74) is 8.64. The van der Waals surface area contributed by atoms with Gasteiger partial charge in [0, 0.05) is 12.8 Å². The molecule has 0 N–H and O–H groups in total. The molecule has 10 heteroatoms. The Labute approximate surface area is 355 Å². The highest BCUT2D eigenvalue weighted by atomic mass is 16.5. The summed E-state index contributed by atoms with van der Waals surface area (Å²) in [6.45, 7) is 4.49. The number of rotatable bonds is 14. The Morgan fingerprint density at radius 3 is 1.50 bits per heavy atom. The van der Waals surface area contributed by atoms with E-state index in [4.69, 9.17) is 9.47 Å². The van der Waals surface area contributed by atoms with Crippen LogP contribution in [0, 0.1) is 0 Å². The molecule has 2 fully saturated rings. The van der Waals surface area contributed by atoms with E-state index in [1.54, 1.807) is 23.4 Å². The second-order valence-corrected chi connectivity index (χ2v) is 16.7. The number of imidazole rings is 2. The molecule has 0 unspecified atom stereocenters. The molecule has 2 aliphatic rings. The monoisotopic (exact) mass is 810 g/mol. The van der Waals surface area contributed by atoms with Crippen molar-refractivity contribution in [2.24, 2.45) is 0 Å². The van der Waals surface area contributed by atoms with Gasteiger partial charge < -0.3 is 19.3 Å². The smallest absolute Gasteiger partial charge is 0.304 e. The number of aromatic nitrogens is 4. The van der Waals surface area contributed by atoms with Gasteiger partial charge in [-0.3, -0.25) is 9.59 Å². The second kappa shape index (κ2) is 20.8. The molecule has 2 aliphatic heterocycles. The van der Waals surface area contributed by atoms with E-state index in [0.717, 1.165) is 99.6 Å². The number of carbonyl (C=O) groups excluding carboxylic acids is 2. The summed E-state index contributed by atoms with van der Waals surface area (Å²) >= 11 is 0. The van der Waals surface area contributed by atoms with Crippen LogP contribution in [-0.4, -0.2) is 95.2 Å². The van der Waals surface area contributed by atoms with Crippen molar-refractivity contribution in [3.63, 3.8) is 0 Å². The van der Waals surface area contributed by atoms with Crippen molar-refractivity contribution < 1.29 is 19.1 Å². The average molecular weight is 811 g/mol. The Morgan fingerprint density at radius 1 is 0.550 bits per heavy atom. The zero-order valence-electron chi connectivity index (χ0n) is 36.0. The lowest BCUT2D eigenvalue weighted by Gasteiger charge is -2.29. The quantitative estimate of drug-likeness (QED) is 0.100. The molecule has 0 amide bonds. The van der Waals surface area contributed by atoms with Gasteiger partial charge in [-0.1, -0.05) is 72.8 Å². The molecule has 0 bridgehead atoms. The first-order valence-corrected chi connectivity index (χ1v) is 22.0. The molecule has 2 aromatic heterocycles. The molecule has 60 heavy (non-hydrogen) atoms. The molecule has 10 nitrogen and oxygen atoms in total. The molecule has 4 aromatic carbocycles. The number of benzene rings is 4. The van der Waals surface area contributed by atoms with Gasteiger partial charge in [-0.05, 0) is 163 Å². The van der Waals surface area contributed by atoms with Crippen LogP contribution in [0.3, 0.4) is 0 Å². The van der Waals surface area contributed by atoms with Gasteiger partial charge in [-0.15, -0.1) is 0 Å². The summed E-state index contributed by atoms with van der Waals surface area (Å²) in [6, 6.07) is 34.3. The lowest BCUT2D eigenvalue weighted by molar-refractivity contribution is 0.0884. The predicted octanol–water partition coefficient (Wildman–Crippen LogP) is 9.81. The number of fused-ring (bicyclic) bond motifs is 2. The van der Waals surface area contributed by atoms with Crippen LogP contribution < -0.4 is 9.47 Å². The SMILES string of the molecule is COc1nc2cc(C3CCN(C)CC3)ccc2n1C(=O)CCCCc1ccccc1.COc1nc2ccc(C3CCN(C)CC3)cc2n1C(=O)CCCCc1ccccc1. The van der Waals surface area contributed by atoms with Gasteiger partial charge in [0.15, 0.2) is 0 Å². The predicted molar refractivity (Wildman–Crippen MR) is 241 cm³/mol. The maximum atomic E-state index is 13.1. The third kappa shape index (κ3) is 10.7. The standard InChI is InChI=1S/2C25H31N3O2/c1-27-16-14-20(15-17-27)21-12-13-23-22(18-21)26-25(30-2)28(23)24(29)11-7-6-10-19-8-4-3-5-9-19;1-27-16-14-20(15-17-27)21-12-13-22-23(18-21)28(25(26-22)30-2)24(29)11-7-6-10-19-8-4-3-5-9-19/h2*3-5,8-9,12-13,18,20H,6-7,10-11,14-17H2,1-2H3. The maximum absolute atomic E-state index is 13.1. The number of hydrogen-bond acceptors (Lipinski definition) is 8. The summed E-state index contributed by atoms with van der Waals surface area (Å²) in [7, 11) is 7.52. The molecule has 0 spiro atoms. The number of carbonyl (C=O) groups is 2. The molecule has 2 saturated heterocycles. The molecule has 8 rings (SSSR count). The van der Waals surface area contributed by atoms with Gasteiger partial charge >= 0.3 is 12.0 Å². The minimum Gasteiger partial charge on any atom is -0.468 e. The maximum Gasteiger partial charge on any atom is 0.304 e. The van der Waals surface area contributed by atoms with Gasteiger partial charge in [0.2, 0.25) is 11.8 Å². The van der Waals surface area contributed by atoms with Crippen LogP contribution in [0.4, 0.5) is 0 Å². The first-order chi connectivity index (χ1) is 29.3. The molecular formula is C50H62N6O4. The van der Waals surface area contributed by atoms with Crippen LogP contribution in [0.2, 0.25) is 0 Å². The van der Waals surface area contributed by atoms with E-state index in [2.05, 4.69) is 107 Å². The fourth-order valence-corrected chi connectivity index (χ4v) is 8.82. The molecule has 0 radical (unpaired) electrons. The van der Waals surface area contributed by atoms with Crippen molar-refractivity contribution in [3.05, 3.63) is 119 Å². The summed E-state index contributed by atoms with van der Waals surface area (Å²) in [4.78, 5) is 39.9. The number of ether oxygens (including phenoxy) is 2. The summed E-state index contributed by atoms with van der Waals surface area (Å²) in [5, 5.41) is 0. The largest absolute Gasteiger partial charge is 0.468 e. The molecule has 6 aromatic rings. The van der Waals surface area contributed by atoms with Crippen molar-refractivity contribution in [2.75, 3.05) is 54.5 Å². The van der Waals surface area contributed by atoms with Gasteiger partial charge in [-0.2, -0.15) is 9.97 Å². The van der Waals surface area contributed by atoms with Crippen LogP contribution in [0.15, 0.2) is 97.1 Å². The van der Waals surface area contributed by atoms with Gasteiger partial charge in [-0.25, -0.2) is 9.13 Å². The third-order valence-electron chi connectivity index (χ3n) is 12.4. The Hall–Kier alpha value is -5.32. The number of aryl methyl sites for hydroxylation is 2. The first kappa shape index (κ1) is 42.8. The molecule has 316 valence electrons. The van der Waals surface area contributed by atoms with Crippen molar-refractivity contribution in [3.8, 4) is 12.0 Å². The highest BCUT2D eigenvalue weighted by Crippen LogP contribution is 2.33. The zero-order valence-corrected chi connectivity index (χ0v) is 36.0. The fraction of sp³-hybridized carbons (Fsp3) is 0.440. The topological polar surface area (TPSA) is 94.7 Å². The summed E-state index contributed by atoms with van der Waals surface area (Å²) in [5.74, 6) is 1.22. The number of likely N-dealkylation sites (tertiary alicyclic amines) is 2. The van der Waals surface area contributed by atoms with E-state index in [0.29, 0.717) is 36.7 Å². The number of methoxy groups -OCH3 is 2. The minimum atomic E-state index is 0.0504. The van der Waals surface area contributed by atoms with Crippen LogP contribution in [0.5, 0.6) is 12.0 Å². The number of hydrogen-bond donors (Lipinski definition) is 0. The van der Waals surface area contributed by atoms with E-state index < -0.39 is 0 Å². The van der Waals surface area contributed by atoms with Crippen LogP contribution in [0.25, 0.3) is 22.1 Å². The Balaban J connectivity index is 0.000000181. The normalized spacial score (nSPS) is 15.5. The minimum absolute atomic E-state index is 0.0504. The lowest BCUT2D eigenvalue weighted by atomic mass is 9.89. The van der Waals surface area contributed by atoms with E-state index in [1.165, 1.54) is 35.1 Å². The zero-order chi connectivity index (χ0) is 41.8. The third-order valence-corrected chi connectivity index (χ3v) is 12.4.